The van der Waals surface area contributed by atoms with Gasteiger partial charge in [-0.05, 0) is 23.4 Å². The molecule has 0 atom stereocenters. The first-order valence-electron chi connectivity index (χ1n) is 7.84. The maximum absolute atomic E-state index is 14.0. The topological polar surface area (TPSA) is 116 Å². The lowest BCUT2D eigenvalue weighted by molar-refractivity contribution is -0.384. The summed E-state index contributed by atoms with van der Waals surface area (Å²) >= 11 is 0. The normalized spacial score (nSPS) is 13.2. The standard InChI is InChI=1S/C17H12FN3O6/c18-11-3-9(16-10(4-11)7-26-8-27-16)6-20-14-2-1-12(21(24)25)5-13(14)15(19-23)17(20)22/h1-5,22H,6-8H2. The second-order valence-corrected chi connectivity index (χ2v) is 5.97. The van der Waals surface area contributed by atoms with E-state index in [1.807, 2.05) is 0 Å². The number of hydrogen-bond donors (Lipinski definition) is 1. The Hall–Kier alpha value is -3.53. The number of nitrogens with zero attached hydrogens (tertiary/aromatic N) is 3. The molecule has 4 rings (SSSR count). The minimum atomic E-state index is -0.612. The van der Waals surface area contributed by atoms with Crippen molar-refractivity contribution in [2.24, 2.45) is 5.18 Å². The highest BCUT2D eigenvalue weighted by molar-refractivity contribution is 5.96. The molecule has 0 fully saturated rings. The zero-order valence-electron chi connectivity index (χ0n) is 13.7. The van der Waals surface area contributed by atoms with Crippen molar-refractivity contribution in [1.29, 1.82) is 0 Å². The highest BCUT2D eigenvalue weighted by atomic mass is 19.1. The Morgan fingerprint density at radius 2 is 2.15 bits per heavy atom. The number of benzene rings is 2. The minimum absolute atomic E-state index is 0.0113. The molecule has 1 N–H and O–H groups in total. The van der Waals surface area contributed by atoms with Crippen LogP contribution in [0.3, 0.4) is 0 Å². The van der Waals surface area contributed by atoms with Crippen LogP contribution in [0.5, 0.6) is 11.6 Å². The van der Waals surface area contributed by atoms with E-state index >= 15 is 0 Å². The van der Waals surface area contributed by atoms with Crippen LogP contribution >= 0.6 is 0 Å². The van der Waals surface area contributed by atoms with Gasteiger partial charge in [0.2, 0.25) is 5.88 Å². The third-order valence-corrected chi connectivity index (χ3v) is 4.38. The maximum Gasteiger partial charge on any atom is 0.270 e. The highest BCUT2D eigenvalue weighted by Crippen LogP contribution is 2.41. The Bertz CT molecular complexity index is 1090. The number of halogens is 1. The monoisotopic (exact) mass is 373 g/mol. The van der Waals surface area contributed by atoms with Gasteiger partial charge < -0.3 is 19.1 Å². The van der Waals surface area contributed by atoms with Crippen molar-refractivity contribution in [3.8, 4) is 11.6 Å². The zero-order chi connectivity index (χ0) is 19.1. The fourth-order valence-electron chi connectivity index (χ4n) is 3.22. The van der Waals surface area contributed by atoms with E-state index in [1.165, 1.54) is 28.8 Å². The Labute approximate surface area is 150 Å². The summed E-state index contributed by atoms with van der Waals surface area (Å²) in [5.41, 5.74) is 0.738. The zero-order valence-corrected chi connectivity index (χ0v) is 13.7. The molecule has 1 aromatic heterocycles. The van der Waals surface area contributed by atoms with E-state index in [9.17, 15) is 24.5 Å². The second kappa shape index (κ2) is 6.32. The number of hydrogen-bond acceptors (Lipinski definition) is 7. The summed E-state index contributed by atoms with van der Waals surface area (Å²) in [4.78, 5) is 21.6. The number of aromatic nitrogens is 1. The summed E-state index contributed by atoms with van der Waals surface area (Å²) in [7, 11) is 0. The van der Waals surface area contributed by atoms with Crippen LogP contribution in [-0.2, 0) is 17.9 Å². The predicted molar refractivity (Wildman–Crippen MR) is 91.5 cm³/mol. The van der Waals surface area contributed by atoms with Crippen molar-refractivity contribution in [2.45, 2.75) is 13.2 Å². The molecule has 2 aromatic carbocycles. The number of nitro groups is 1. The lowest BCUT2D eigenvalue weighted by Crippen LogP contribution is -2.14. The fraction of sp³-hybridized carbons (Fsp3) is 0.176. The Morgan fingerprint density at radius 3 is 2.89 bits per heavy atom. The molecule has 0 spiro atoms. The quantitative estimate of drug-likeness (QED) is 0.423. The van der Waals surface area contributed by atoms with Crippen LogP contribution < -0.4 is 4.74 Å². The number of non-ortho nitro benzene ring substituents is 1. The van der Waals surface area contributed by atoms with E-state index < -0.39 is 16.6 Å². The smallest absolute Gasteiger partial charge is 0.270 e. The van der Waals surface area contributed by atoms with Gasteiger partial charge in [0, 0.05) is 28.6 Å². The first kappa shape index (κ1) is 16.9. The van der Waals surface area contributed by atoms with Crippen LogP contribution in [0.1, 0.15) is 11.1 Å². The molecule has 138 valence electrons. The molecule has 1 aliphatic heterocycles. The van der Waals surface area contributed by atoms with E-state index in [2.05, 4.69) is 5.18 Å². The molecule has 3 aromatic rings. The van der Waals surface area contributed by atoms with Crippen LogP contribution in [0.2, 0.25) is 0 Å². The summed E-state index contributed by atoms with van der Waals surface area (Å²) < 4.78 is 25.9. The molecule has 1 aliphatic rings. The van der Waals surface area contributed by atoms with Crippen molar-refractivity contribution in [1.82, 2.24) is 4.57 Å². The minimum Gasteiger partial charge on any atom is -0.493 e. The number of rotatable bonds is 4. The van der Waals surface area contributed by atoms with Crippen molar-refractivity contribution >= 4 is 22.3 Å². The van der Waals surface area contributed by atoms with Gasteiger partial charge in [-0.25, -0.2) is 4.39 Å². The first-order chi connectivity index (χ1) is 13.0. The van der Waals surface area contributed by atoms with Gasteiger partial charge in [0.1, 0.15) is 11.6 Å². The predicted octanol–water partition coefficient (Wildman–Crippen LogP) is 3.71. The summed E-state index contributed by atoms with van der Waals surface area (Å²) in [6, 6.07) is 6.37. The van der Waals surface area contributed by atoms with Crippen LogP contribution in [0.25, 0.3) is 10.9 Å². The molecule has 0 aliphatic carbocycles. The van der Waals surface area contributed by atoms with E-state index in [0.29, 0.717) is 22.4 Å². The Morgan fingerprint density at radius 1 is 1.33 bits per heavy atom. The van der Waals surface area contributed by atoms with Crippen molar-refractivity contribution < 1.29 is 23.9 Å². The Balaban J connectivity index is 1.88. The second-order valence-electron chi connectivity index (χ2n) is 5.97. The first-order valence-corrected chi connectivity index (χ1v) is 7.84. The fourth-order valence-corrected chi connectivity index (χ4v) is 3.22. The molecule has 0 amide bonds. The number of ether oxygens (including phenoxy) is 2. The van der Waals surface area contributed by atoms with Gasteiger partial charge in [-0.3, -0.25) is 10.1 Å². The largest absolute Gasteiger partial charge is 0.493 e. The molecule has 0 saturated heterocycles. The molecule has 0 saturated carbocycles. The van der Waals surface area contributed by atoms with Gasteiger partial charge in [-0.15, -0.1) is 4.91 Å². The lowest BCUT2D eigenvalue weighted by atomic mass is 10.1. The molecule has 2 heterocycles. The number of fused-ring (bicyclic) bond motifs is 2. The molecular formula is C17H12FN3O6. The average Bonchev–Trinajstić information content (AvgIpc) is 2.92. The molecule has 10 heteroatoms. The van der Waals surface area contributed by atoms with Gasteiger partial charge in [-0.1, -0.05) is 0 Å². The van der Waals surface area contributed by atoms with Crippen molar-refractivity contribution in [3.63, 3.8) is 0 Å². The summed E-state index contributed by atoms with van der Waals surface area (Å²) in [6.45, 7) is 0.166. The van der Waals surface area contributed by atoms with Crippen LogP contribution in [0, 0.1) is 20.8 Å². The van der Waals surface area contributed by atoms with Gasteiger partial charge in [0.15, 0.2) is 12.5 Å². The average molecular weight is 373 g/mol. The third-order valence-electron chi connectivity index (χ3n) is 4.38. The Kier molecular flexibility index (Phi) is 3.96. The van der Waals surface area contributed by atoms with E-state index in [-0.39, 0.29) is 36.7 Å². The molecule has 0 unspecified atom stereocenters. The molecule has 27 heavy (non-hydrogen) atoms. The van der Waals surface area contributed by atoms with Gasteiger partial charge in [0.05, 0.1) is 23.6 Å². The number of nitro benzene ring substituents is 1. The molecule has 9 nitrogen and oxygen atoms in total. The third kappa shape index (κ3) is 2.75. The summed E-state index contributed by atoms with van der Waals surface area (Å²) in [5, 5.41) is 24.3. The van der Waals surface area contributed by atoms with Crippen molar-refractivity contribution in [3.05, 3.63) is 62.3 Å². The molecular weight excluding hydrogens is 361 g/mol. The van der Waals surface area contributed by atoms with Gasteiger partial charge >= 0.3 is 0 Å². The van der Waals surface area contributed by atoms with Crippen molar-refractivity contribution in [2.75, 3.05) is 6.79 Å². The van der Waals surface area contributed by atoms with E-state index in [0.717, 1.165) is 6.07 Å². The summed E-state index contributed by atoms with van der Waals surface area (Å²) in [6.07, 6.45) is 0. The van der Waals surface area contributed by atoms with Crippen LogP contribution in [0.15, 0.2) is 35.5 Å². The van der Waals surface area contributed by atoms with Gasteiger partial charge in [0.25, 0.3) is 5.69 Å². The van der Waals surface area contributed by atoms with E-state index in [4.69, 9.17) is 9.47 Å². The highest BCUT2D eigenvalue weighted by Gasteiger charge is 2.23. The van der Waals surface area contributed by atoms with Crippen LogP contribution in [0.4, 0.5) is 15.8 Å². The molecule has 0 bridgehead atoms. The summed E-state index contributed by atoms with van der Waals surface area (Å²) in [5.74, 6) is -0.532. The van der Waals surface area contributed by atoms with Gasteiger partial charge in [-0.2, -0.15) is 0 Å². The maximum atomic E-state index is 14.0. The molecule has 0 radical (unpaired) electrons. The lowest BCUT2D eigenvalue weighted by Gasteiger charge is -2.21. The van der Waals surface area contributed by atoms with E-state index in [1.54, 1.807) is 0 Å². The number of aromatic hydroxyl groups is 1. The van der Waals surface area contributed by atoms with Crippen LogP contribution in [-0.4, -0.2) is 21.4 Å². The number of nitroso groups, excluding NO2 is 1. The SMILES string of the molecule is O=Nc1c(O)n(Cc2cc(F)cc3c2OCOC3)c2ccc([N+](=O)[O-])cc12.